The van der Waals surface area contributed by atoms with E-state index < -0.39 is 11.7 Å². The number of aromatic nitrogens is 1. The molecule has 3 rings (SSSR count). The largest absolute Gasteiger partial charge is 0.417 e. The van der Waals surface area contributed by atoms with Crippen LogP contribution < -0.4 is 10.6 Å². The highest BCUT2D eigenvalue weighted by Crippen LogP contribution is 2.29. The van der Waals surface area contributed by atoms with E-state index in [2.05, 4.69) is 15.6 Å². The number of anilines is 2. The highest BCUT2D eigenvalue weighted by atomic mass is 32.2. The zero-order valence-electron chi connectivity index (χ0n) is 15.4. The van der Waals surface area contributed by atoms with Crippen LogP contribution in [0.25, 0.3) is 0 Å². The number of carbonyl (C=O) groups is 2. The van der Waals surface area contributed by atoms with Gasteiger partial charge in [0.2, 0.25) is 5.91 Å². The van der Waals surface area contributed by atoms with Gasteiger partial charge in [-0.2, -0.15) is 13.2 Å². The third-order valence-electron chi connectivity index (χ3n) is 3.90. The molecule has 1 heterocycles. The fraction of sp³-hybridized carbons (Fsp3) is 0.0952. The van der Waals surface area contributed by atoms with Gasteiger partial charge in [0.25, 0.3) is 5.91 Å². The van der Waals surface area contributed by atoms with Crippen molar-refractivity contribution in [1.29, 1.82) is 0 Å². The van der Waals surface area contributed by atoms with E-state index in [-0.39, 0.29) is 17.6 Å². The van der Waals surface area contributed by atoms with Gasteiger partial charge in [0, 0.05) is 11.8 Å². The molecule has 0 aliphatic rings. The molecule has 0 bridgehead atoms. The summed E-state index contributed by atoms with van der Waals surface area (Å²) < 4.78 is 37.7. The summed E-state index contributed by atoms with van der Waals surface area (Å²) in [5.41, 5.74) is 0.465. The Kier molecular flexibility index (Phi) is 6.73. The number of rotatable bonds is 6. The molecule has 0 spiro atoms. The first kappa shape index (κ1) is 21.4. The number of benzene rings is 2. The molecular formula is C21H16F3N3O2S. The normalized spacial score (nSPS) is 11.0. The number of nitrogens with zero attached hydrogens (tertiary/aromatic N) is 1. The van der Waals surface area contributed by atoms with Crippen molar-refractivity contribution in [3.8, 4) is 0 Å². The van der Waals surface area contributed by atoms with Crippen molar-refractivity contribution in [2.24, 2.45) is 0 Å². The summed E-state index contributed by atoms with van der Waals surface area (Å²) in [6.45, 7) is 0. The number of pyridine rings is 1. The Balaban J connectivity index is 1.60. The first-order chi connectivity index (χ1) is 14.3. The number of nitrogens with one attached hydrogen (secondary N) is 2. The van der Waals surface area contributed by atoms with Crippen LogP contribution >= 0.6 is 11.8 Å². The van der Waals surface area contributed by atoms with E-state index in [0.29, 0.717) is 22.0 Å². The maximum atomic E-state index is 12.6. The van der Waals surface area contributed by atoms with Gasteiger partial charge < -0.3 is 10.6 Å². The number of halogens is 3. The van der Waals surface area contributed by atoms with Crippen LogP contribution in [0, 0.1) is 0 Å². The highest BCUT2D eigenvalue weighted by molar-refractivity contribution is 7.99. The van der Waals surface area contributed by atoms with Gasteiger partial charge in [-0.15, -0.1) is 0 Å². The predicted octanol–water partition coefficient (Wildman–Crippen LogP) is 5.08. The van der Waals surface area contributed by atoms with Gasteiger partial charge in [-0.3, -0.25) is 9.59 Å². The lowest BCUT2D eigenvalue weighted by Gasteiger charge is -2.12. The van der Waals surface area contributed by atoms with Crippen LogP contribution in [0.1, 0.15) is 15.9 Å². The van der Waals surface area contributed by atoms with Gasteiger partial charge in [0.1, 0.15) is 0 Å². The molecule has 0 saturated carbocycles. The van der Waals surface area contributed by atoms with Crippen LogP contribution in [-0.4, -0.2) is 22.6 Å². The number of hydrogen-bond donors (Lipinski definition) is 2. The first-order valence-electron chi connectivity index (χ1n) is 8.74. The molecular weight excluding hydrogens is 415 g/mol. The van der Waals surface area contributed by atoms with Crippen molar-refractivity contribution in [3.05, 3.63) is 84.1 Å². The van der Waals surface area contributed by atoms with Gasteiger partial charge in [-0.1, -0.05) is 42.1 Å². The van der Waals surface area contributed by atoms with E-state index in [0.717, 1.165) is 24.0 Å². The van der Waals surface area contributed by atoms with Gasteiger partial charge in [-0.25, -0.2) is 4.98 Å². The molecule has 0 fully saturated rings. The van der Waals surface area contributed by atoms with Crippen molar-refractivity contribution in [1.82, 2.24) is 4.98 Å². The number of para-hydroxylation sites is 2. The van der Waals surface area contributed by atoms with Crippen LogP contribution in [0.15, 0.2) is 78.0 Å². The van der Waals surface area contributed by atoms with Crippen LogP contribution in [0.3, 0.4) is 0 Å². The minimum Gasteiger partial charge on any atom is -0.324 e. The monoisotopic (exact) mass is 431 g/mol. The summed E-state index contributed by atoms with van der Waals surface area (Å²) in [7, 11) is 0. The fourth-order valence-electron chi connectivity index (χ4n) is 2.44. The average molecular weight is 431 g/mol. The average Bonchev–Trinajstić information content (AvgIpc) is 2.74. The maximum absolute atomic E-state index is 12.6. The van der Waals surface area contributed by atoms with E-state index in [9.17, 15) is 22.8 Å². The summed E-state index contributed by atoms with van der Waals surface area (Å²) in [6.07, 6.45) is -3.73. The minimum atomic E-state index is -4.46. The predicted molar refractivity (Wildman–Crippen MR) is 109 cm³/mol. The Labute approximate surface area is 174 Å². The molecule has 30 heavy (non-hydrogen) atoms. The molecule has 3 aromatic rings. The number of alkyl halides is 3. The second-order valence-corrected chi connectivity index (χ2v) is 7.08. The Morgan fingerprint density at radius 2 is 1.50 bits per heavy atom. The number of hydrogen-bond acceptors (Lipinski definition) is 4. The van der Waals surface area contributed by atoms with Crippen molar-refractivity contribution in [3.63, 3.8) is 0 Å². The van der Waals surface area contributed by atoms with Crippen LogP contribution in [0.5, 0.6) is 0 Å². The number of carbonyl (C=O) groups excluding carboxylic acids is 2. The van der Waals surface area contributed by atoms with Gasteiger partial charge in [0.05, 0.1) is 27.7 Å². The van der Waals surface area contributed by atoms with E-state index in [1.165, 1.54) is 6.07 Å². The molecule has 0 atom stereocenters. The summed E-state index contributed by atoms with van der Waals surface area (Å²) in [5, 5.41) is 5.73. The summed E-state index contributed by atoms with van der Waals surface area (Å²) in [6, 6.07) is 17.5. The highest BCUT2D eigenvalue weighted by Gasteiger charge is 2.30. The Hall–Kier alpha value is -3.33. The van der Waals surface area contributed by atoms with Crippen molar-refractivity contribution >= 4 is 35.0 Å². The molecule has 5 nitrogen and oxygen atoms in total. The summed E-state index contributed by atoms with van der Waals surface area (Å²) in [5.74, 6) is -0.761. The van der Waals surface area contributed by atoms with Crippen LogP contribution in [0.2, 0.25) is 0 Å². The molecule has 154 valence electrons. The van der Waals surface area contributed by atoms with Crippen molar-refractivity contribution in [2.45, 2.75) is 11.2 Å². The second-order valence-electron chi connectivity index (χ2n) is 6.09. The zero-order valence-corrected chi connectivity index (χ0v) is 16.3. The maximum Gasteiger partial charge on any atom is 0.417 e. The van der Waals surface area contributed by atoms with Crippen molar-refractivity contribution < 1.29 is 22.8 Å². The van der Waals surface area contributed by atoms with E-state index in [1.807, 2.05) is 0 Å². The molecule has 0 radical (unpaired) electrons. The smallest absolute Gasteiger partial charge is 0.324 e. The van der Waals surface area contributed by atoms with E-state index >= 15 is 0 Å². The Morgan fingerprint density at radius 1 is 0.867 bits per heavy atom. The molecule has 0 aliphatic heterocycles. The Morgan fingerprint density at radius 3 is 2.10 bits per heavy atom. The number of amides is 2. The lowest BCUT2D eigenvalue weighted by atomic mass is 10.2. The molecule has 0 unspecified atom stereocenters. The molecule has 2 N–H and O–H groups in total. The lowest BCUT2D eigenvalue weighted by Crippen LogP contribution is -2.18. The van der Waals surface area contributed by atoms with Gasteiger partial charge >= 0.3 is 6.18 Å². The first-order valence-corrected chi connectivity index (χ1v) is 9.73. The molecule has 9 heteroatoms. The van der Waals surface area contributed by atoms with Crippen LogP contribution in [0.4, 0.5) is 24.5 Å². The summed E-state index contributed by atoms with van der Waals surface area (Å²) in [4.78, 5) is 28.3. The topological polar surface area (TPSA) is 71.1 Å². The third-order valence-corrected chi connectivity index (χ3v) is 4.84. The molecule has 0 aliphatic carbocycles. The van der Waals surface area contributed by atoms with E-state index in [4.69, 9.17) is 0 Å². The lowest BCUT2D eigenvalue weighted by molar-refractivity contribution is -0.137. The molecule has 2 amide bonds. The van der Waals surface area contributed by atoms with Gasteiger partial charge in [-0.05, 0) is 36.4 Å². The summed E-state index contributed by atoms with van der Waals surface area (Å²) >= 11 is 1.01. The SMILES string of the molecule is O=C(CSc1ccc(C(F)(F)F)cn1)Nc1ccccc1NC(=O)c1ccccc1. The fourth-order valence-corrected chi connectivity index (χ4v) is 3.09. The third kappa shape index (κ3) is 5.84. The standard InChI is InChI=1S/C21H16F3N3O2S/c22-21(23,24)15-10-11-19(25-12-15)30-13-18(28)26-16-8-4-5-9-17(16)27-20(29)14-6-2-1-3-7-14/h1-12H,13H2,(H,26,28)(H,27,29). The number of thioether (sulfide) groups is 1. The quantitative estimate of drug-likeness (QED) is 0.534. The minimum absolute atomic E-state index is 0.0562. The second kappa shape index (κ2) is 9.45. The Bertz CT molecular complexity index is 1030. The molecule has 0 saturated heterocycles. The van der Waals surface area contributed by atoms with Crippen LogP contribution in [-0.2, 0) is 11.0 Å². The molecule has 1 aromatic heterocycles. The van der Waals surface area contributed by atoms with Crippen molar-refractivity contribution in [2.75, 3.05) is 16.4 Å². The van der Waals surface area contributed by atoms with E-state index in [1.54, 1.807) is 54.6 Å². The molecule has 2 aromatic carbocycles. The zero-order chi connectivity index (χ0) is 21.6. The van der Waals surface area contributed by atoms with Gasteiger partial charge in [0.15, 0.2) is 0 Å².